The average Bonchev–Trinajstić information content (AvgIpc) is 3.10. The Hall–Kier alpha value is -2.72. The van der Waals surface area contributed by atoms with Gasteiger partial charge in [0.1, 0.15) is 0 Å². The molecule has 2 aliphatic rings. The Balaban J connectivity index is 2.02. The Morgan fingerprint density at radius 1 is 0.800 bits per heavy atom. The molecule has 0 saturated heterocycles. The Bertz CT molecular complexity index is 533. The molecule has 2 heterocycles. The first kappa shape index (κ1) is 13.7. The summed E-state index contributed by atoms with van der Waals surface area (Å²) in [6.45, 7) is 0. The Kier molecular flexibility index (Phi) is 4.08. The molecule has 0 spiro atoms. The van der Waals surface area contributed by atoms with E-state index >= 15 is 0 Å². The molecule has 0 bridgehead atoms. The first-order chi connectivity index (χ1) is 9.58. The van der Waals surface area contributed by atoms with E-state index in [1.165, 1.54) is 24.9 Å². The number of nitrogens with zero attached hydrogens (tertiary/aromatic N) is 4. The summed E-state index contributed by atoms with van der Waals surface area (Å²) in [6.07, 6.45) is 0.712. The molecule has 10 heteroatoms. The smallest absolute Gasteiger partial charge is 0.374 e. The van der Waals surface area contributed by atoms with Crippen LogP contribution < -0.4 is 0 Å². The van der Waals surface area contributed by atoms with Crippen LogP contribution in [0.3, 0.4) is 0 Å². The van der Waals surface area contributed by atoms with E-state index in [9.17, 15) is 19.8 Å². The molecule has 2 atom stereocenters. The second kappa shape index (κ2) is 5.95. The number of aliphatic hydroxyl groups excluding tert-OH is 2. The van der Waals surface area contributed by atoms with Crippen molar-refractivity contribution in [1.29, 1.82) is 0 Å². The molecule has 0 aliphatic carbocycles. The predicted octanol–water partition coefficient (Wildman–Crippen LogP) is -1.62. The van der Waals surface area contributed by atoms with Gasteiger partial charge >= 0.3 is 24.0 Å². The number of carbonyl (C=O) groups excluding carboxylic acids is 4. The summed E-state index contributed by atoms with van der Waals surface area (Å²) < 4.78 is 9.02. The summed E-state index contributed by atoms with van der Waals surface area (Å²) in [5.74, 6) is -2.60. The van der Waals surface area contributed by atoms with E-state index in [1.54, 1.807) is 0 Å². The van der Waals surface area contributed by atoms with Crippen molar-refractivity contribution in [2.45, 2.75) is 12.2 Å². The van der Waals surface area contributed by atoms with E-state index in [2.05, 4.69) is 28.8 Å². The predicted molar refractivity (Wildman–Crippen MR) is 66.8 cm³/mol. The van der Waals surface area contributed by atoms with Gasteiger partial charge in [0.15, 0.2) is 0 Å². The second-order valence-corrected chi connectivity index (χ2v) is 3.41. The third kappa shape index (κ3) is 3.18. The van der Waals surface area contributed by atoms with Crippen LogP contribution in [0, 0.1) is 0 Å². The van der Waals surface area contributed by atoms with E-state index in [0.29, 0.717) is 0 Å². The number of hydrogen-bond acceptors (Lipinski definition) is 4. The van der Waals surface area contributed by atoms with Gasteiger partial charge in [-0.1, -0.05) is 0 Å². The largest absolute Gasteiger partial charge is 0.615 e. The van der Waals surface area contributed by atoms with Gasteiger partial charge in [0.25, 0.3) is 12.2 Å². The molecule has 0 radical (unpaired) electrons. The average molecular weight is 280 g/mol. The van der Waals surface area contributed by atoms with Crippen molar-refractivity contribution < 1.29 is 28.7 Å². The van der Waals surface area contributed by atoms with Crippen molar-refractivity contribution in [3.8, 4) is 0 Å². The van der Waals surface area contributed by atoms with E-state index in [1.807, 2.05) is 0 Å². The van der Waals surface area contributed by atoms with Crippen molar-refractivity contribution >= 4 is 48.9 Å². The van der Waals surface area contributed by atoms with Gasteiger partial charge in [0.05, 0.1) is 34.4 Å². The zero-order chi connectivity index (χ0) is 14.5. The molecule has 20 heavy (non-hydrogen) atoms. The Morgan fingerprint density at radius 2 is 1.10 bits per heavy atom. The summed E-state index contributed by atoms with van der Waals surface area (Å²) in [7, 11) is 0. The highest BCUT2D eigenvalue weighted by atomic mass is 16.5. The van der Waals surface area contributed by atoms with Gasteiger partial charge in [0, 0.05) is 0 Å². The lowest BCUT2D eigenvalue weighted by molar-refractivity contribution is -0.224. The van der Waals surface area contributed by atoms with Crippen molar-refractivity contribution in [2.24, 2.45) is 20.0 Å². The van der Waals surface area contributed by atoms with Crippen LogP contribution in [0.5, 0.6) is 0 Å². The lowest BCUT2D eigenvalue weighted by Gasteiger charge is -1.98. The molecule has 0 aromatic rings. The normalized spacial score (nSPS) is 18.5. The van der Waals surface area contributed by atoms with Crippen molar-refractivity contribution in [3.63, 3.8) is 0 Å². The maximum absolute atomic E-state index is 11.4. The molecular weight excluding hydrogens is 272 g/mol. The molecule has 102 valence electrons. The molecule has 2 N–H and O–H groups in total. The van der Waals surface area contributed by atoms with Gasteiger partial charge in [-0.25, -0.2) is 8.85 Å². The number of amides is 4. The monoisotopic (exact) mass is 280 g/mol. The SMILES string of the molecule is O=C([O+]=C1N=CC=N1)C(O)C(O)C(=O)[O+]=C1N=CC=N1. The molecule has 2 unspecified atom stereocenters. The summed E-state index contributed by atoms with van der Waals surface area (Å²) in [4.78, 5) is 36.9. The minimum atomic E-state index is -2.16. The fraction of sp³-hybridized carbons (Fsp3) is 0.200. The molecule has 10 nitrogen and oxygen atoms in total. The summed E-state index contributed by atoms with van der Waals surface area (Å²) >= 11 is 0. The zero-order valence-corrected chi connectivity index (χ0v) is 9.78. The van der Waals surface area contributed by atoms with E-state index in [-0.39, 0.29) is 12.1 Å². The number of hydrogen-bond donors (Lipinski definition) is 2. The van der Waals surface area contributed by atoms with E-state index in [4.69, 9.17) is 0 Å². The van der Waals surface area contributed by atoms with Gasteiger partial charge in [-0.05, 0) is 0 Å². The Morgan fingerprint density at radius 3 is 1.40 bits per heavy atom. The van der Waals surface area contributed by atoms with Crippen LogP contribution in [0.2, 0.25) is 0 Å². The first-order valence-corrected chi connectivity index (χ1v) is 5.25. The standard InChI is InChI=1S/C10H8N4O6/c15-5(7(17)19-9-11-1-2-12-9)6(16)8(18)20-10-13-3-4-14-10/h1-6,15-16H/q+2. The molecule has 0 aromatic carbocycles. The molecule has 0 fully saturated rings. The highest BCUT2D eigenvalue weighted by Gasteiger charge is 2.46. The van der Waals surface area contributed by atoms with Gasteiger partial charge in [0.2, 0.25) is 0 Å². The number of aliphatic hydroxyl groups is 2. The van der Waals surface area contributed by atoms with Gasteiger partial charge in [-0.15, -0.1) is 0 Å². The topological polar surface area (TPSA) is 147 Å². The fourth-order valence-electron chi connectivity index (χ4n) is 1.12. The van der Waals surface area contributed by atoms with Crippen molar-refractivity contribution in [2.75, 3.05) is 0 Å². The number of carbonyl (C=O) groups is 2. The summed E-state index contributed by atoms with van der Waals surface area (Å²) in [5.41, 5.74) is 0. The van der Waals surface area contributed by atoms with Gasteiger partial charge < -0.3 is 10.2 Å². The van der Waals surface area contributed by atoms with Crippen LogP contribution >= 0.6 is 0 Å². The lowest BCUT2D eigenvalue weighted by atomic mass is 10.2. The number of aliphatic imine (C=N–C) groups is 4. The van der Waals surface area contributed by atoms with Crippen LogP contribution in [0.4, 0.5) is 8.85 Å². The van der Waals surface area contributed by atoms with E-state index < -0.39 is 24.1 Å². The minimum absolute atomic E-state index is 0.311. The van der Waals surface area contributed by atoms with Crippen molar-refractivity contribution in [3.05, 3.63) is 0 Å². The first-order valence-electron chi connectivity index (χ1n) is 5.25. The minimum Gasteiger partial charge on any atom is -0.374 e. The maximum Gasteiger partial charge on any atom is 0.615 e. The second-order valence-electron chi connectivity index (χ2n) is 3.41. The lowest BCUT2D eigenvalue weighted by Crippen LogP contribution is -2.37. The molecule has 4 amide bonds. The molecule has 2 aliphatic heterocycles. The number of urea groups is 2. The van der Waals surface area contributed by atoms with Crippen LogP contribution in [0.1, 0.15) is 0 Å². The fourth-order valence-corrected chi connectivity index (χ4v) is 1.12. The molecule has 0 saturated carbocycles. The molecule has 2 rings (SSSR count). The van der Waals surface area contributed by atoms with Crippen LogP contribution in [-0.4, -0.2) is 71.3 Å². The third-order valence-corrected chi connectivity index (χ3v) is 2.04. The molecule has 0 aromatic heterocycles. The third-order valence-electron chi connectivity index (χ3n) is 2.04. The highest BCUT2D eigenvalue weighted by Crippen LogP contribution is 2.07. The van der Waals surface area contributed by atoms with Crippen LogP contribution in [0.25, 0.3) is 0 Å². The van der Waals surface area contributed by atoms with Gasteiger partial charge in [-0.2, -0.15) is 20.0 Å². The summed E-state index contributed by atoms with van der Waals surface area (Å²) in [6, 6.07) is -0.622. The van der Waals surface area contributed by atoms with Crippen LogP contribution in [-0.2, 0) is 9.59 Å². The summed E-state index contributed by atoms with van der Waals surface area (Å²) in [5, 5.41) is 18.9. The number of rotatable bonds is 3. The van der Waals surface area contributed by atoms with Crippen molar-refractivity contribution in [1.82, 2.24) is 0 Å². The highest BCUT2D eigenvalue weighted by molar-refractivity contribution is 6.26. The van der Waals surface area contributed by atoms with E-state index in [0.717, 1.165) is 0 Å². The quantitative estimate of drug-likeness (QED) is 0.598. The van der Waals surface area contributed by atoms with Crippen LogP contribution in [0.15, 0.2) is 20.0 Å². The zero-order valence-electron chi connectivity index (χ0n) is 9.78. The molecular formula is C10H8N4O6+2. The maximum atomic E-state index is 11.4. The Labute approximate surface area is 110 Å². The van der Waals surface area contributed by atoms with Gasteiger partial charge in [-0.3, -0.25) is 0 Å².